The van der Waals surface area contributed by atoms with Crippen molar-refractivity contribution in [1.29, 1.82) is 0 Å². The van der Waals surface area contributed by atoms with Crippen LogP contribution >= 0.6 is 15.9 Å². The fourth-order valence-corrected chi connectivity index (χ4v) is 8.21. The summed E-state index contributed by atoms with van der Waals surface area (Å²) in [7, 11) is -8.75. The molecule has 0 radical (unpaired) electrons. The van der Waals surface area contributed by atoms with E-state index in [0.717, 1.165) is 19.1 Å². The summed E-state index contributed by atoms with van der Waals surface area (Å²) in [6.07, 6.45) is 2.67. The summed E-state index contributed by atoms with van der Waals surface area (Å²) < 4.78 is 83.7. The second kappa shape index (κ2) is 12.3. The average Bonchev–Trinajstić information content (AvgIpc) is 3.59. The van der Waals surface area contributed by atoms with Crippen molar-refractivity contribution in [3.63, 3.8) is 0 Å². The Kier molecular flexibility index (Phi) is 8.03. The Morgan fingerprint density at radius 3 is 1.58 bits per heavy atom. The molecule has 0 N–H and O–H groups in total. The number of aryl methyl sites for hydroxylation is 2. The van der Waals surface area contributed by atoms with Gasteiger partial charge in [-0.15, -0.1) is 0 Å². The van der Waals surface area contributed by atoms with Gasteiger partial charge in [0.25, 0.3) is 20.0 Å². The smallest absolute Gasteiger partial charge is 0.399 e. The Labute approximate surface area is 291 Å². The molecule has 7 rings (SSSR count). The van der Waals surface area contributed by atoms with Gasteiger partial charge in [0.05, 0.1) is 23.7 Å². The zero-order valence-electron chi connectivity index (χ0n) is 29.1. The highest BCUT2D eigenvalue weighted by Crippen LogP contribution is 2.37. The van der Waals surface area contributed by atoms with Crippen molar-refractivity contribution in [3.8, 4) is 0 Å². The molecule has 1 aliphatic rings. The maximum absolute atomic E-state index is 13.4. The quantitative estimate of drug-likeness (QED) is 0.190. The van der Waals surface area contributed by atoms with Crippen LogP contribution in [0.1, 0.15) is 41.6 Å². The number of nitrogens with zero attached hydrogens (tertiary/aromatic N) is 4. The van der Waals surface area contributed by atoms with E-state index in [9.17, 15) is 16.8 Å². The minimum atomic E-state index is -4.02. The van der Waals surface area contributed by atoms with E-state index in [1.807, 2.05) is 41.5 Å². The van der Waals surface area contributed by atoms with Gasteiger partial charge in [0.1, 0.15) is 0 Å². The van der Waals surface area contributed by atoms with Gasteiger partial charge in [0, 0.05) is 45.4 Å². The SMILES string of the molecule is [2H]c1c(B2OC(C)(C)C(C)(C)O2)c2cccnc2n1S(=O)(=O)c1ccc(C)cc1.[2H]c1c(Br)c2cccnc2n1S(=O)(=O)c1ccc(C)cc1. The predicted molar refractivity (Wildman–Crippen MR) is 190 cm³/mol. The summed E-state index contributed by atoms with van der Waals surface area (Å²) in [5, 5.41) is 1.12. The van der Waals surface area contributed by atoms with Crippen molar-refractivity contribution >= 4 is 70.6 Å². The topological polar surface area (TPSA) is 122 Å². The van der Waals surface area contributed by atoms with Gasteiger partial charge >= 0.3 is 7.12 Å². The number of pyridine rings is 2. The fourth-order valence-electron chi connectivity index (χ4n) is 5.04. The van der Waals surface area contributed by atoms with Gasteiger partial charge in [-0.3, -0.25) is 0 Å². The number of aromatic nitrogens is 4. The molecule has 0 amide bonds. The summed E-state index contributed by atoms with van der Waals surface area (Å²) in [5.41, 5.74) is 1.48. The van der Waals surface area contributed by atoms with E-state index in [-0.39, 0.29) is 33.4 Å². The number of rotatable bonds is 5. The number of halogens is 1. The zero-order valence-corrected chi connectivity index (χ0v) is 30.3. The van der Waals surface area contributed by atoms with Crippen LogP contribution in [0.15, 0.2) is 112 Å². The molecule has 4 aromatic heterocycles. The molecule has 0 aliphatic carbocycles. The molecule has 1 fully saturated rings. The molecule has 0 saturated carbocycles. The molecule has 0 bridgehead atoms. The van der Waals surface area contributed by atoms with Crippen LogP contribution in [0.4, 0.5) is 0 Å². The molecule has 0 unspecified atom stereocenters. The first-order valence-corrected chi connectivity index (χ1v) is 18.6. The van der Waals surface area contributed by atoms with Crippen molar-refractivity contribution in [3.05, 3.63) is 113 Å². The molecule has 1 aliphatic heterocycles. The zero-order chi connectivity index (χ0) is 36.4. The highest BCUT2D eigenvalue weighted by atomic mass is 79.9. The molecule has 10 nitrogen and oxygen atoms in total. The molecule has 14 heteroatoms. The summed E-state index contributed by atoms with van der Waals surface area (Å²) in [6.45, 7) is 11.4. The van der Waals surface area contributed by atoms with Crippen LogP contribution in [0.3, 0.4) is 0 Å². The lowest BCUT2D eigenvalue weighted by atomic mass is 9.79. The monoisotopic (exact) mass is 750 g/mol. The van der Waals surface area contributed by atoms with Crippen molar-refractivity contribution < 1.29 is 28.9 Å². The molecule has 5 heterocycles. The number of fused-ring (bicyclic) bond motifs is 2. The van der Waals surface area contributed by atoms with Crippen LogP contribution in [-0.4, -0.2) is 53.1 Å². The Hall–Kier alpha value is -3.82. The first-order chi connectivity index (χ1) is 23.4. The van der Waals surface area contributed by atoms with E-state index >= 15 is 0 Å². The lowest BCUT2D eigenvalue weighted by Gasteiger charge is -2.32. The third kappa shape index (κ3) is 6.00. The average molecular weight is 752 g/mol. The lowest BCUT2D eigenvalue weighted by molar-refractivity contribution is 0.00578. The van der Waals surface area contributed by atoms with Gasteiger partial charge in [0.2, 0.25) is 0 Å². The van der Waals surface area contributed by atoms with E-state index in [0.29, 0.717) is 20.7 Å². The second-order valence-corrected chi connectivity index (χ2v) is 16.8. The molecular formula is C34H34BBrN4O6S2. The third-order valence-electron chi connectivity index (χ3n) is 8.51. The van der Waals surface area contributed by atoms with E-state index < -0.39 is 38.4 Å². The van der Waals surface area contributed by atoms with Crippen LogP contribution in [-0.2, 0) is 29.4 Å². The standard InChI is InChI=1S/C20H23BN2O4S.C14H11BrN2O2S/c1-14-8-10-15(11-9-14)28(24,25)23-13-17(16-7-6-12-22-18(16)23)21-26-19(2,3)20(4,5)27-21;1-10-4-6-11(7-5-10)20(18,19)17-9-13(15)12-3-2-8-16-14(12)17/h6-13H,1-5H3;2-9H,1H3/i13D;9D. The van der Waals surface area contributed by atoms with Gasteiger partial charge in [-0.25, -0.2) is 34.7 Å². The van der Waals surface area contributed by atoms with Crippen molar-refractivity contribution in [2.75, 3.05) is 0 Å². The van der Waals surface area contributed by atoms with E-state index in [2.05, 4.69) is 25.9 Å². The Bertz CT molecular complexity index is 2470. The molecule has 248 valence electrons. The molecule has 2 aromatic carbocycles. The molecular weight excluding hydrogens is 715 g/mol. The van der Waals surface area contributed by atoms with Crippen LogP contribution in [0.2, 0.25) is 0 Å². The van der Waals surface area contributed by atoms with Crippen LogP contribution in [0.25, 0.3) is 22.1 Å². The van der Waals surface area contributed by atoms with Crippen molar-refractivity contribution in [1.82, 2.24) is 17.9 Å². The maximum atomic E-state index is 13.4. The Balaban J connectivity index is 0.000000182. The molecule has 48 heavy (non-hydrogen) atoms. The van der Waals surface area contributed by atoms with Gasteiger partial charge in [0.15, 0.2) is 11.3 Å². The summed E-state index contributed by atoms with van der Waals surface area (Å²) in [4.78, 5) is 8.61. The number of hydrogen-bond acceptors (Lipinski definition) is 8. The minimum absolute atomic E-state index is 0.0969. The van der Waals surface area contributed by atoms with Crippen molar-refractivity contribution in [2.45, 2.75) is 62.5 Å². The van der Waals surface area contributed by atoms with E-state index in [1.165, 1.54) is 36.7 Å². The lowest BCUT2D eigenvalue weighted by Crippen LogP contribution is -2.41. The van der Waals surface area contributed by atoms with Crippen LogP contribution < -0.4 is 5.46 Å². The van der Waals surface area contributed by atoms with Gasteiger partial charge in [-0.2, -0.15) is 0 Å². The molecule has 1 saturated heterocycles. The van der Waals surface area contributed by atoms with Gasteiger partial charge in [-0.1, -0.05) is 35.4 Å². The number of benzene rings is 2. The molecule has 0 spiro atoms. The van der Waals surface area contributed by atoms with Crippen LogP contribution in [0.5, 0.6) is 0 Å². The van der Waals surface area contributed by atoms with Gasteiger partial charge < -0.3 is 9.31 Å². The molecule has 6 aromatic rings. The largest absolute Gasteiger partial charge is 0.497 e. The predicted octanol–water partition coefficient (Wildman–Crippen LogP) is 6.23. The minimum Gasteiger partial charge on any atom is -0.399 e. The van der Waals surface area contributed by atoms with Crippen LogP contribution in [0, 0.1) is 13.8 Å². The maximum Gasteiger partial charge on any atom is 0.497 e. The first-order valence-electron chi connectivity index (χ1n) is 16.0. The first kappa shape index (κ1) is 31.5. The Morgan fingerprint density at radius 2 is 1.10 bits per heavy atom. The summed E-state index contributed by atoms with van der Waals surface area (Å²) >= 11 is 3.27. The normalized spacial score (nSPS) is 16.4. The molecule has 0 atom stereocenters. The third-order valence-corrected chi connectivity index (χ3v) is 12.3. The van der Waals surface area contributed by atoms with E-state index in [4.69, 9.17) is 12.1 Å². The highest BCUT2D eigenvalue weighted by Gasteiger charge is 2.52. The fraction of sp³-hybridized carbons (Fsp3) is 0.235. The summed E-state index contributed by atoms with van der Waals surface area (Å²) in [5.74, 6) is 0. The highest BCUT2D eigenvalue weighted by molar-refractivity contribution is 9.10. The van der Waals surface area contributed by atoms with E-state index in [1.54, 1.807) is 48.5 Å². The second-order valence-electron chi connectivity index (χ2n) is 12.5. The number of hydrogen-bond donors (Lipinski definition) is 0. The van der Waals surface area contributed by atoms with Gasteiger partial charge in [-0.05, 0) is 106 Å². The Morgan fingerprint density at radius 1 is 0.688 bits per heavy atom. The summed E-state index contributed by atoms with van der Waals surface area (Å²) in [6, 6.07) is 19.9. The van der Waals surface area contributed by atoms with Crippen molar-refractivity contribution in [2.24, 2.45) is 0 Å².